The lowest BCUT2D eigenvalue weighted by atomic mass is 10.1. The van der Waals surface area contributed by atoms with Crippen molar-refractivity contribution < 1.29 is 9.84 Å². The Morgan fingerprint density at radius 3 is 2.72 bits per heavy atom. The van der Waals surface area contributed by atoms with E-state index in [1.54, 1.807) is 12.1 Å². The Bertz CT molecular complexity index is 902. The number of rotatable bonds is 3. The molecule has 1 aromatic heterocycles. The zero-order chi connectivity index (χ0) is 17.2. The number of benzene rings is 2. The number of para-hydroxylation sites is 1. The van der Waals surface area contributed by atoms with E-state index < -0.39 is 6.23 Å². The molecule has 0 radical (unpaired) electrons. The molecule has 0 aliphatic carbocycles. The van der Waals surface area contributed by atoms with Crippen LogP contribution in [-0.4, -0.2) is 26.0 Å². The van der Waals surface area contributed by atoms with Gasteiger partial charge in [0, 0.05) is 16.8 Å². The van der Waals surface area contributed by atoms with Gasteiger partial charge in [0.15, 0.2) is 11.9 Å². The standard InChI is InChI=1S/C18H16N4O2S/c1-2-25-18-20-17-15(21-22-18)13-5-3-4-6-14(13)19-16(24-17)11-7-9-12(23)10-8-11/h3-10,16,19,23H,2H2,1H3/t16-/m1/s1. The fourth-order valence-electron chi connectivity index (χ4n) is 2.64. The average Bonchev–Trinajstić information content (AvgIpc) is 2.79. The highest BCUT2D eigenvalue weighted by molar-refractivity contribution is 7.99. The minimum absolute atomic E-state index is 0.212. The summed E-state index contributed by atoms with van der Waals surface area (Å²) in [5.74, 6) is 1.52. The number of thioether (sulfide) groups is 1. The van der Waals surface area contributed by atoms with Crippen LogP contribution < -0.4 is 10.1 Å². The number of ether oxygens (including phenoxy) is 1. The number of phenols is 1. The summed E-state index contributed by atoms with van der Waals surface area (Å²) in [4.78, 5) is 4.53. The maximum absolute atomic E-state index is 9.53. The number of nitrogens with zero attached hydrogens (tertiary/aromatic N) is 3. The van der Waals surface area contributed by atoms with E-state index in [1.165, 1.54) is 11.8 Å². The van der Waals surface area contributed by atoms with E-state index in [1.807, 2.05) is 43.3 Å². The summed E-state index contributed by atoms with van der Waals surface area (Å²) in [6.45, 7) is 2.04. The number of hydrogen-bond donors (Lipinski definition) is 2. The number of fused-ring (bicyclic) bond motifs is 3. The molecule has 1 aliphatic heterocycles. The van der Waals surface area contributed by atoms with Gasteiger partial charge >= 0.3 is 0 Å². The number of aromatic nitrogens is 3. The number of anilines is 1. The predicted octanol–water partition coefficient (Wildman–Crippen LogP) is 3.86. The van der Waals surface area contributed by atoms with E-state index in [9.17, 15) is 5.11 Å². The molecule has 2 N–H and O–H groups in total. The number of aromatic hydroxyl groups is 1. The van der Waals surface area contributed by atoms with Gasteiger partial charge in [-0.2, -0.15) is 4.98 Å². The van der Waals surface area contributed by atoms with Gasteiger partial charge in [-0.25, -0.2) is 0 Å². The Labute approximate surface area is 149 Å². The second-order valence-corrected chi connectivity index (χ2v) is 6.69. The SMILES string of the molecule is CCSc1nnc2c(n1)O[C@H](c1ccc(O)cc1)Nc1ccccc1-2. The molecule has 6 nitrogen and oxygen atoms in total. The van der Waals surface area contributed by atoms with Gasteiger partial charge in [-0.15, -0.1) is 10.2 Å². The van der Waals surface area contributed by atoms with E-state index >= 15 is 0 Å². The van der Waals surface area contributed by atoms with Gasteiger partial charge in [0.2, 0.25) is 11.0 Å². The molecule has 25 heavy (non-hydrogen) atoms. The summed E-state index contributed by atoms with van der Waals surface area (Å²) in [6, 6.07) is 14.7. The third-order valence-electron chi connectivity index (χ3n) is 3.80. The number of phenolic OH excluding ortho intramolecular Hbond substituents is 1. The monoisotopic (exact) mass is 352 g/mol. The van der Waals surface area contributed by atoms with Gasteiger partial charge in [0.05, 0.1) is 0 Å². The third kappa shape index (κ3) is 3.10. The molecule has 0 amide bonds. The molecule has 3 aromatic rings. The van der Waals surface area contributed by atoms with Crippen molar-refractivity contribution in [1.82, 2.24) is 15.2 Å². The van der Waals surface area contributed by atoms with Crippen molar-refractivity contribution >= 4 is 17.4 Å². The second-order valence-electron chi connectivity index (χ2n) is 5.46. The molecule has 2 aromatic carbocycles. The third-order valence-corrected chi connectivity index (χ3v) is 4.52. The Hall–Kier alpha value is -2.80. The highest BCUT2D eigenvalue weighted by atomic mass is 32.2. The Morgan fingerprint density at radius 1 is 1.12 bits per heavy atom. The van der Waals surface area contributed by atoms with E-state index in [0.717, 1.165) is 22.6 Å². The molecular weight excluding hydrogens is 336 g/mol. The molecule has 0 saturated carbocycles. The second kappa shape index (κ2) is 6.60. The van der Waals surface area contributed by atoms with Crippen molar-refractivity contribution in [2.45, 2.75) is 18.3 Å². The largest absolute Gasteiger partial charge is 0.508 e. The topological polar surface area (TPSA) is 80.2 Å². The van der Waals surface area contributed by atoms with Crippen LogP contribution >= 0.6 is 11.8 Å². The predicted molar refractivity (Wildman–Crippen MR) is 96.8 cm³/mol. The van der Waals surface area contributed by atoms with Gasteiger partial charge in [0.25, 0.3) is 0 Å². The van der Waals surface area contributed by atoms with Gasteiger partial charge in [-0.05, 0) is 36.1 Å². The van der Waals surface area contributed by atoms with Crippen LogP contribution in [0.1, 0.15) is 18.7 Å². The summed E-state index contributed by atoms with van der Waals surface area (Å²) < 4.78 is 6.13. The van der Waals surface area contributed by atoms with E-state index in [4.69, 9.17) is 4.74 Å². The van der Waals surface area contributed by atoms with Crippen molar-refractivity contribution in [3.05, 3.63) is 54.1 Å². The van der Waals surface area contributed by atoms with Crippen LogP contribution in [0.3, 0.4) is 0 Å². The molecule has 0 saturated heterocycles. The van der Waals surface area contributed by atoms with Crippen LogP contribution in [0.25, 0.3) is 11.3 Å². The number of nitrogens with one attached hydrogen (secondary N) is 1. The summed E-state index contributed by atoms with van der Waals surface area (Å²) in [7, 11) is 0. The fraction of sp³-hybridized carbons (Fsp3) is 0.167. The van der Waals surface area contributed by atoms with Gasteiger partial charge in [-0.3, -0.25) is 0 Å². The Kier molecular flexibility index (Phi) is 4.15. The summed E-state index contributed by atoms with van der Waals surface area (Å²) in [5, 5.41) is 22.0. The van der Waals surface area contributed by atoms with Crippen LogP contribution in [0, 0.1) is 0 Å². The average molecular weight is 352 g/mol. The molecule has 0 bridgehead atoms. The first-order valence-corrected chi connectivity index (χ1v) is 8.92. The van der Waals surface area contributed by atoms with Crippen molar-refractivity contribution in [3.63, 3.8) is 0 Å². The Morgan fingerprint density at radius 2 is 1.92 bits per heavy atom. The fourth-order valence-corrected chi connectivity index (χ4v) is 3.14. The molecular formula is C18H16N4O2S. The highest BCUT2D eigenvalue weighted by Crippen LogP contribution is 2.39. The van der Waals surface area contributed by atoms with Crippen LogP contribution in [0.2, 0.25) is 0 Å². The van der Waals surface area contributed by atoms with Crippen LogP contribution in [0.4, 0.5) is 5.69 Å². The zero-order valence-electron chi connectivity index (χ0n) is 13.5. The Balaban J connectivity index is 1.82. The van der Waals surface area contributed by atoms with Crippen molar-refractivity contribution in [1.29, 1.82) is 0 Å². The molecule has 4 rings (SSSR count). The van der Waals surface area contributed by atoms with Gasteiger partial charge < -0.3 is 15.2 Å². The normalized spacial score (nSPS) is 15.3. The first kappa shape index (κ1) is 15.7. The highest BCUT2D eigenvalue weighted by Gasteiger charge is 2.25. The quantitative estimate of drug-likeness (QED) is 0.693. The summed E-state index contributed by atoms with van der Waals surface area (Å²) in [5.41, 5.74) is 3.28. The summed E-state index contributed by atoms with van der Waals surface area (Å²) in [6.07, 6.45) is -0.445. The molecule has 0 unspecified atom stereocenters. The molecule has 1 atom stereocenters. The number of hydrogen-bond acceptors (Lipinski definition) is 7. The van der Waals surface area contributed by atoms with Crippen LogP contribution in [0.15, 0.2) is 53.7 Å². The zero-order valence-corrected chi connectivity index (χ0v) is 14.3. The van der Waals surface area contributed by atoms with E-state index in [2.05, 4.69) is 20.5 Å². The molecule has 2 heterocycles. The smallest absolute Gasteiger partial charge is 0.247 e. The van der Waals surface area contributed by atoms with Crippen molar-refractivity contribution in [3.8, 4) is 22.9 Å². The minimum atomic E-state index is -0.445. The maximum atomic E-state index is 9.53. The van der Waals surface area contributed by atoms with Crippen molar-refractivity contribution in [2.75, 3.05) is 11.1 Å². The van der Waals surface area contributed by atoms with Gasteiger partial charge in [0.1, 0.15) is 5.75 Å². The maximum Gasteiger partial charge on any atom is 0.247 e. The first-order valence-electron chi connectivity index (χ1n) is 7.93. The van der Waals surface area contributed by atoms with Crippen LogP contribution in [-0.2, 0) is 0 Å². The lowest BCUT2D eigenvalue weighted by Gasteiger charge is -2.19. The summed E-state index contributed by atoms with van der Waals surface area (Å²) >= 11 is 1.52. The molecule has 0 spiro atoms. The van der Waals surface area contributed by atoms with E-state index in [-0.39, 0.29) is 5.75 Å². The van der Waals surface area contributed by atoms with Gasteiger partial charge in [-0.1, -0.05) is 36.9 Å². The first-order chi connectivity index (χ1) is 12.2. The lowest BCUT2D eigenvalue weighted by molar-refractivity contribution is 0.225. The lowest BCUT2D eigenvalue weighted by Crippen LogP contribution is -2.17. The molecule has 0 fully saturated rings. The minimum Gasteiger partial charge on any atom is -0.508 e. The molecule has 126 valence electrons. The van der Waals surface area contributed by atoms with E-state index in [0.29, 0.717) is 16.7 Å². The van der Waals surface area contributed by atoms with Crippen molar-refractivity contribution in [2.24, 2.45) is 0 Å². The molecule has 1 aliphatic rings. The molecule has 7 heteroatoms. The van der Waals surface area contributed by atoms with Crippen LogP contribution in [0.5, 0.6) is 11.6 Å².